The average molecular weight is 315 g/mol. The fourth-order valence-electron chi connectivity index (χ4n) is 4.07. The van der Waals surface area contributed by atoms with Crippen LogP contribution in [0.2, 0.25) is 0 Å². The molecule has 2 heterocycles. The van der Waals surface area contributed by atoms with Gasteiger partial charge in [-0.3, -0.25) is 0 Å². The van der Waals surface area contributed by atoms with Gasteiger partial charge in [0.2, 0.25) is 0 Å². The number of hydrogen-bond acceptors (Lipinski definition) is 3. The summed E-state index contributed by atoms with van der Waals surface area (Å²) in [7, 11) is 0. The molecule has 2 atom stereocenters. The molecule has 0 saturated heterocycles. The predicted molar refractivity (Wildman–Crippen MR) is 94.9 cm³/mol. The van der Waals surface area contributed by atoms with Crippen molar-refractivity contribution in [3.63, 3.8) is 0 Å². The Bertz CT molecular complexity index is 729. The molecule has 22 heavy (non-hydrogen) atoms. The van der Waals surface area contributed by atoms with Crippen LogP contribution >= 0.6 is 12.6 Å². The lowest BCUT2D eigenvalue weighted by molar-refractivity contribution is 0.153. The summed E-state index contributed by atoms with van der Waals surface area (Å²) in [5.74, 6) is 1.90. The Hall–Kier alpha value is -1.29. The topological polar surface area (TPSA) is 30.7 Å². The Balaban J connectivity index is 2.16. The maximum absolute atomic E-state index is 4.50. The van der Waals surface area contributed by atoms with E-state index in [0.717, 1.165) is 22.5 Å². The second-order valence-electron chi connectivity index (χ2n) is 7.23. The predicted octanol–water partition coefficient (Wildman–Crippen LogP) is 4.90. The summed E-state index contributed by atoms with van der Waals surface area (Å²) in [5.41, 5.74) is 2.49. The molecule has 2 aromatic heterocycles. The summed E-state index contributed by atoms with van der Waals surface area (Å²) in [6.45, 7) is 11.8. The first-order chi connectivity index (χ1) is 10.4. The highest BCUT2D eigenvalue weighted by molar-refractivity contribution is 7.80. The molecule has 3 nitrogen and oxygen atoms in total. The van der Waals surface area contributed by atoms with E-state index in [1.165, 1.54) is 5.70 Å². The van der Waals surface area contributed by atoms with Gasteiger partial charge in [-0.2, -0.15) is 0 Å². The zero-order valence-corrected chi connectivity index (χ0v) is 14.9. The summed E-state index contributed by atoms with van der Waals surface area (Å²) in [4.78, 5) is 8.69. The van der Waals surface area contributed by atoms with Gasteiger partial charge in [-0.25, -0.2) is 9.97 Å². The third-order valence-electron chi connectivity index (χ3n) is 5.61. The molecule has 4 heteroatoms. The zero-order valence-electron chi connectivity index (χ0n) is 14.0. The van der Waals surface area contributed by atoms with Gasteiger partial charge in [0.1, 0.15) is 17.0 Å². The number of rotatable bonds is 3. The minimum absolute atomic E-state index is 0.155. The Kier molecular flexibility index (Phi) is 3.84. The van der Waals surface area contributed by atoms with Crippen molar-refractivity contribution in [1.82, 2.24) is 14.5 Å². The van der Waals surface area contributed by atoms with Crippen LogP contribution in [-0.4, -0.2) is 14.5 Å². The van der Waals surface area contributed by atoms with E-state index in [2.05, 4.69) is 80.1 Å². The Morgan fingerprint density at radius 2 is 2.00 bits per heavy atom. The van der Waals surface area contributed by atoms with E-state index in [-0.39, 0.29) is 5.41 Å². The zero-order chi connectivity index (χ0) is 16.1. The normalized spacial score (nSPS) is 25.5. The van der Waals surface area contributed by atoms with Gasteiger partial charge in [0.15, 0.2) is 0 Å². The van der Waals surface area contributed by atoms with Crippen LogP contribution in [0.4, 0.5) is 0 Å². The standard InChI is InChI=1S/C18H25N3S/c1-11(2)14-6-7-15(18(14,5)12(3)4)21-9-8-13-16(21)19-10-20-17(13)22/h7-12,14H,6H2,1-5H3,(H,19,20,22)/t14?,18-/m0/s1. The lowest BCUT2D eigenvalue weighted by atomic mass is 9.66. The van der Waals surface area contributed by atoms with Crippen molar-refractivity contribution in [3.8, 4) is 0 Å². The molecule has 0 amide bonds. The molecule has 0 fully saturated rings. The van der Waals surface area contributed by atoms with Gasteiger partial charge >= 0.3 is 0 Å². The molecule has 1 aliphatic carbocycles. The van der Waals surface area contributed by atoms with E-state index < -0.39 is 0 Å². The van der Waals surface area contributed by atoms with Gasteiger partial charge < -0.3 is 4.57 Å². The Morgan fingerprint density at radius 3 is 2.64 bits per heavy atom. The summed E-state index contributed by atoms with van der Waals surface area (Å²) >= 11 is 4.46. The Morgan fingerprint density at radius 1 is 1.27 bits per heavy atom. The maximum Gasteiger partial charge on any atom is 0.148 e. The van der Waals surface area contributed by atoms with Crippen molar-refractivity contribution in [1.29, 1.82) is 0 Å². The van der Waals surface area contributed by atoms with Crippen LogP contribution in [-0.2, 0) is 0 Å². The van der Waals surface area contributed by atoms with Crippen LogP contribution in [0, 0.1) is 23.2 Å². The molecule has 3 rings (SSSR count). The minimum Gasteiger partial charge on any atom is -0.305 e. The summed E-state index contributed by atoms with van der Waals surface area (Å²) in [6, 6.07) is 2.07. The van der Waals surface area contributed by atoms with E-state index in [1.807, 2.05) is 0 Å². The molecule has 2 aromatic rings. The van der Waals surface area contributed by atoms with Crippen molar-refractivity contribution >= 4 is 29.4 Å². The van der Waals surface area contributed by atoms with E-state index in [1.54, 1.807) is 6.33 Å². The molecule has 0 bridgehead atoms. The van der Waals surface area contributed by atoms with E-state index in [4.69, 9.17) is 0 Å². The van der Waals surface area contributed by atoms with Crippen LogP contribution in [0.25, 0.3) is 16.7 Å². The monoisotopic (exact) mass is 315 g/mol. The largest absolute Gasteiger partial charge is 0.305 e. The van der Waals surface area contributed by atoms with E-state index in [0.29, 0.717) is 17.8 Å². The molecule has 0 radical (unpaired) electrons. The quantitative estimate of drug-likeness (QED) is 0.645. The first-order valence-electron chi connectivity index (χ1n) is 8.09. The molecule has 1 aliphatic rings. The number of hydrogen-bond donors (Lipinski definition) is 1. The molecule has 0 spiro atoms. The number of fused-ring (bicyclic) bond motifs is 1. The fourth-order valence-corrected chi connectivity index (χ4v) is 4.30. The number of thiol groups is 1. The van der Waals surface area contributed by atoms with Crippen LogP contribution in [0.3, 0.4) is 0 Å². The highest BCUT2D eigenvalue weighted by Crippen LogP contribution is 2.54. The van der Waals surface area contributed by atoms with Crippen molar-refractivity contribution in [2.24, 2.45) is 23.2 Å². The minimum atomic E-state index is 0.155. The number of nitrogens with zero attached hydrogens (tertiary/aromatic N) is 3. The van der Waals surface area contributed by atoms with Gasteiger partial charge in [-0.1, -0.05) is 40.7 Å². The van der Waals surface area contributed by atoms with Crippen molar-refractivity contribution < 1.29 is 0 Å². The summed E-state index contributed by atoms with van der Waals surface area (Å²) in [6.07, 6.45) is 7.27. The smallest absolute Gasteiger partial charge is 0.148 e. The van der Waals surface area contributed by atoms with E-state index in [9.17, 15) is 0 Å². The lowest BCUT2D eigenvalue weighted by Gasteiger charge is -2.41. The first-order valence-corrected chi connectivity index (χ1v) is 8.54. The fraction of sp³-hybridized carbons (Fsp3) is 0.556. The number of aromatic nitrogens is 3. The van der Waals surface area contributed by atoms with Gasteiger partial charge in [0, 0.05) is 17.3 Å². The molecule has 0 N–H and O–H groups in total. The SMILES string of the molecule is CC(C)C1CC=C(n2ccc3c(S)ncnc32)[C@@]1(C)C(C)C. The summed E-state index contributed by atoms with van der Waals surface area (Å²) in [5, 5.41) is 1.76. The van der Waals surface area contributed by atoms with Crippen molar-refractivity contribution in [2.75, 3.05) is 0 Å². The highest BCUT2D eigenvalue weighted by atomic mass is 32.1. The van der Waals surface area contributed by atoms with E-state index >= 15 is 0 Å². The average Bonchev–Trinajstić information content (AvgIpc) is 3.01. The molecule has 118 valence electrons. The first kappa shape index (κ1) is 15.6. The van der Waals surface area contributed by atoms with Crippen LogP contribution < -0.4 is 0 Å². The van der Waals surface area contributed by atoms with Crippen molar-refractivity contribution in [2.45, 2.75) is 46.1 Å². The third-order valence-corrected chi connectivity index (χ3v) is 5.97. The van der Waals surface area contributed by atoms with Gasteiger partial charge in [0.05, 0.1) is 5.39 Å². The summed E-state index contributed by atoms with van der Waals surface area (Å²) < 4.78 is 2.25. The third kappa shape index (κ3) is 2.11. The second kappa shape index (κ2) is 5.41. The van der Waals surface area contributed by atoms with Gasteiger partial charge in [-0.05, 0) is 30.2 Å². The number of allylic oxidation sites excluding steroid dienone is 2. The van der Waals surface area contributed by atoms with Crippen molar-refractivity contribution in [3.05, 3.63) is 24.7 Å². The second-order valence-corrected chi connectivity index (χ2v) is 7.66. The van der Waals surface area contributed by atoms with Gasteiger partial charge in [-0.15, -0.1) is 12.6 Å². The Labute approximate surface area is 138 Å². The molecule has 1 unspecified atom stereocenters. The van der Waals surface area contributed by atoms with Crippen LogP contribution in [0.1, 0.15) is 41.0 Å². The molecule has 0 saturated carbocycles. The molecule has 0 aromatic carbocycles. The highest BCUT2D eigenvalue weighted by Gasteiger charge is 2.46. The van der Waals surface area contributed by atoms with Crippen LogP contribution in [0.5, 0.6) is 0 Å². The molecular weight excluding hydrogens is 290 g/mol. The van der Waals surface area contributed by atoms with Crippen LogP contribution in [0.15, 0.2) is 29.7 Å². The molecule has 0 aliphatic heterocycles. The lowest BCUT2D eigenvalue weighted by Crippen LogP contribution is -2.35. The van der Waals surface area contributed by atoms with Gasteiger partial charge in [0.25, 0.3) is 0 Å². The molecular formula is C18H25N3S. The maximum atomic E-state index is 4.50.